The Balaban J connectivity index is 1.61. The van der Waals surface area contributed by atoms with E-state index in [1.54, 1.807) is 12.3 Å². The van der Waals surface area contributed by atoms with Crippen LogP contribution in [0.25, 0.3) is 10.8 Å². The van der Waals surface area contributed by atoms with Gasteiger partial charge in [-0.3, -0.25) is 9.59 Å². The number of carbonyl (C=O) groups excluding carboxylic acids is 1. The van der Waals surface area contributed by atoms with Gasteiger partial charge in [-0.15, -0.1) is 0 Å². The van der Waals surface area contributed by atoms with Gasteiger partial charge in [-0.1, -0.05) is 18.2 Å². The minimum atomic E-state index is -0.463. The van der Waals surface area contributed by atoms with E-state index in [1.807, 2.05) is 18.2 Å². The fraction of sp³-hybridized carbons (Fsp3) is 0.400. The van der Waals surface area contributed by atoms with Crippen molar-refractivity contribution in [3.05, 3.63) is 40.8 Å². The molecular weight excluding hydrogens is 284 g/mol. The third-order valence-corrected chi connectivity index (χ3v) is 3.60. The number of morpholine rings is 1. The number of aromatic nitrogens is 2. The lowest BCUT2D eigenvalue weighted by Gasteiger charge is -2.22. The van der Waals surface area contributed by atoms with Crippen LogP contribution in [-0.2, 0) is 16.1 Å². The minimum Gasteiger partial charge on any atom is -0.366 e. The van der Waals surface area contributed by atoms with E-state index in [9.17, 15) is 9.59 Å². The Labute approximate surface area is 127 Å². The van der Waals surface area contributed by atoms with Crippen molar-refractivity contribution in [3.63, 3.8) is 0 Å². The number of rotatable bonds is 4. The van der Waals surface area contributed by atoms with E-state index in [1.165, 1.54) is 4.68 Å². The molecule has 1 amide bonds. The van der Waals surface area contributed by atoms with Gasteiger partial charge in [0.15, 0.2) is 0 Å². The molecule has 0 spiro atoms. The number of amides is 1. The maximum Gasteiger partial charge on any atom is 0.274 e. The topological polar surface area (TPSA) is 85.2 Å². The minimum absolute atomic E-state index is 0.150. The molecule has 7 heteroatoms. The molecule has 22 heavy (non-hydrogen) atoms. The second kappa shape index (κ2) is 6.67. The van der Waals surface area contributed by atoms with Crippen LogP contribution in [0.15, 0.2) is 35.3 Å². The summed E-state index contributed by atoms with van der Waals surface area (Å²) < 4.78 is 6.73. The predicted molar refractivity (Wildman–Crippen MR) is 81.6 cm³/mol. The molecule has 2 aromatic rings. The van der Waals surface area contributed by atoms with Gasteiger partial charge in [-0.2, -0.15) is 5.10 Å². The van der Waals surface area contributed by atoms with Crippen LogP contribution in [0, 0.1) is 0 Å². The van der Waals surface area contributed by atoms with Gasteiger partial charge in [-0.05, 0) is 6.07 Å². The number of nitrogens with zero attached hydrogens (tertiary/aromatic N) is 2. The third kappa shape index (κ3) is 3.15. The molecule has 1 aliphatic rings. The van der Waals surface area contributed by atoms with Gasteiger partial charge < -0.3 is 15.4 Å². The number of ether oxygens (including phenoxy) is 1. The summed E-state index contributed by atoms with van der Waals surface area (Å²) >= 11 is 0. The Morgan fingerprint density at radius 3 is 3.14 bits per heavy atom. The smallest absolute Gasteiger partial charge is 0.274 e. The zero-order chi connectivity index (χ0) is 15.4. The van der Waals surface area contributed by atoms with Crippen LogP contribution >= 0.6 is 0 Å². The summed E-state index contributed by atoms with van der Waals surface area (Å²) in [5.74, 6) is -0.166. The highest BCUT2D eigenvalue weighted by Crippen LogP contribution is 2.06. The lowest BCUT2D eigenvalue weighted by Crippen LogP contribution is -2.48. The normalized spacial score (nSPS) is 18.3. The molecule has 0 aliphatic carbocycles. The zero-order valence-electron chi connectivity index (χ0n) is 12.1. The van der Waals surface area contributed by atoms with Gasteiger partial charge in [0.05, 0.1) is 24.7 Å². The van der Waals surface area contributed by atoms with E-state index in [0.717, 1.165) is 11.9 Å². The maximum atomic E-state index is 12.3. The first-order valence-corrected chi connectivity index (χ1v) is 7.30. The number of fused-ring (bicyclic) bond motifs is 1. The number of carbonyl (C=O) groups is 1. The Morgan fingerprint density at radius 1 is 1.45 bits per heavy atom. The molecule has 1 aromatic carbocycles. The van der Waals surface area contributed by atoms with Crippen molar-refractivity contribution in [3.8, 4) is 0 Å². The first kappa shape index (κ1) is 14.7. The van der Waals surface area contributed by atoms with E-state index < -0.39 is 6.10 Å². The first-order valence-electron chi connectivity index (χ1n) is 7.30. The second-order valence-corrected chi connectivity index (χ2v) is 5.11. The van der Waals surface area contributed by atoms with Crippen molar-refractivity contribution >= 4 is 16.7 Å². The molecule has 1 atom stereocenters. The zero-order valence-corrected chi connectivity index (χ0v) is 12.1. The summed E-state index contributed by atoms with van der Waals surface area (Å²) in [4.78, 5) is 24.2. The molecule has 116 valence electrons. The Hall–Kier alpha value is -2.25. The molecule has 0 bridgehead atoms. The van der Waals surface area contributed by atoms with Crippen molar-refractivity contribution < 1.29 is 9.53 Å². The molecule has 0 saturated carbocycles. The van der Waals surface area contributed by atoms with E-state index in [2.05, 4.69) is 15.7 Å². The van der Waals surface area contributed by atoms with Crippen LogP contribution < -0.4 is 16.2 Å². The summed E-state index contributed by atoms with van der Waals surface area (Å²) in [7, 11) is 0. The van der Waals surface area contributed by atoms with Gasteiger partial charge in [-0.25, -0.2) is 4.68 Å². The number of benzene rings is 1. The average molecular weight is 302 g/mol. The van der Waals surface area contributed by atoms with Crippen LogP contribution in [-0.4, -0.2) is 48.0 Å². The summed E-state index contributed by atoms with van der Waals surface area (Å²) in [6.45, 7) is 2.48. The standard InChI is InChI=1S/C15H18N4O3/c20-14(13-10-16-6-8-22-13)17-5-7-19-15(21)12-4-2-1-3-11(12)9-18-19/h1-4,9,13,16H,5-8,10H2,(H,17,20). The molecule has 3 rings (SSSR count). The number of hydrogen-bond donors (Lipinski definition) is 2. The van der Waals surface area contributed by atoms with E-state index in [0.29, 0.717) is 31.6 Å². The van der Waals surface area contributed by atoms with E-state index in [4.69, 9.17) is 4.74 Å². The van der Waals surface area contributed by atoms with Gasteiger partial charge in [0.2, 0.25) is 0 Å². The van der Waals surface area contributed by atoms with E-state index in [-0.39, 0.29) is 11.5 Å². The monoisotopic (exact) mass is 302 g/mol. The fourth-order valence-electron chi connectivity index (χ4n) is 2.42. The summed E-state index contributed by atoms with van der Waals surface area (Å²) in [5.41, 5.74) is -0.150. The van der Waals surface area contributed by atoms with Crippen LogP contribution in [0.2, 0.25) is 0 Å². The molecule has 0 radical (unpaired) electrons. The quantitative estimate of drug-likeness (QED) is 0.795. The fourth-order valence-corrected chi connectivity index (χ4v) is 2.42. The maximum absolute atomic E-state index is 12.3. The first-order chi connectivity index (χ1) is 10.8. The predicted octanol–water partition coefficient (Wildman–Crippen LogP) is -0.499. The Morgan fingerprint density at radius 2 is 2.32 bits per heavy atom. The van der Waals surface area contributed by atoms with Gasteiger partial charge >= 0.3 is 0 Å². The summed E-state index contributed by atoms with van der Waals surface area (Å²) in [6, 6.07) is 7.31. The molecule has 1 aromatic heterocycles. The van der Waals surface area contributed by atoms with Crippen molar-refractivity contribution in [1.82, 2.24) is 20.4 Å². The van der Waals surface area contributed by atoms with Crippen molar-refractivity contribution in [2.45, 2.75) is 12.6 Å². The molecule has 7 nitrogen and oxygen atoms in total. The Bertz CT molecular complexity index is 722. The average Bonchev–Trinajstić information content (AvgIpc) is 2.58. The molecule has 2 N–H and O–H groups in total. The van der Waals surface area contributed by atoms with Crippen molar-refractivity contribution in [2.24, 2.45) is 0 Å². The largest absolute Gasteiger partial charge is 0.366 e. The SMILES string of the molecule is O=C(NCCn1ncc2ccccc2c1=O)C1CNCCO1. The van der Waals surface area contributed by atoms with Crippen LogP contribution in [0.5, 0.6) is 0 Å². The molecule has 2 heterocycles. The third-order valence-electron chi connectivity index (χ3n) is 3.60. The summed E-state index contributed by atoms with van der Waals surface area (Å²) in [6.07, 6.45) is 1.20. The number of hydrogen-bond acceptors (Lipinski definition) is 5. The highest BCUT2D eigenvalue weighted by molar-refractivity contribution is 5.81. The molecular formula is C15H18N4O3. The van der Waals surface area contributed by atoms with Crippen LogP contribution in [0.1, 0.15) is 0 Å². The second-order valence-electron chi connectivity index (χ2n) is 5.11. The van der Waals surface area contributed by atoms with E-state index >= 15 is 0 Å². The summed E-state index contributed by atoms with van der Waals surface area (Å²) in [5, 5.41) is 11.4. The molecule has 1 unspecified atom stereocenters. The van der Waals surface area contributed by atoms with Crippen molar-refractivity contribution in [1.29, 1.82) is 0 Å². The lowest BCUT2D eigenvalue weighted by molar-refractivity contribution is -0.134. The lowest BCUT2D eigenvalue weighted by atomic mass is 10.2. The highest BCUT2D eigenvalue weighted by atomic mass is 16.5. The van der Waals surface area contributed by atoms with Crippen LogP contribution in [0.3, 0.4) is 0 Å². The van der Waals surface area contributed by atoms with Gasteiger partial charge in [0.25, 0.3) is 11.5 Å². The van der Waals surface area contributed by atoms with Crippen LogP contribution in [0.4, 0.5) is 0 Å². The van der Waals surface area contributed by atoms with Gasteiger partial charge in [0.1, 0.15) is 6.10 Å². The van der Waals surface area contributed by atoms with Crippen molar-refractivity contribution in [2.75, 3.05) is 26.2 Å². The molecule has 1 aliphatic heterocycles. The highest BCUT2D eigenvalue weighted by Gasteiger charge is 2.21. The number of nitrogens with one attached hydrogen (secondary N) is 2. The molecule has 1 saturated heterocycles. The van der Waals surface area contributed by atoms with Gasteiger partial charge in [0, 0.05) is 25.0 Å². The Kier molecular flexibility index (Phi) is 4.45. The molecule has 1 fully saturated rings.